The van der Waals surface area contributed by atoms with Crippen LogP contribution in [0.1, 0.15) is 75.2 Å². The first-order valence-corrected chi connectivity index (χ1v) is 10.9. The average molecular weight is 411 g/mol. The Hall–Kier alpha value is -2.56. The number of carbonyl (C=O) groups is 2. The zero-order chi connectivity index (χ0) is 21.9. The summed E-state index contributed by atoms with van der Waals surface area (Å²) in [5, 5.41) is 3.27. The molecule has 5 nitrogen and oxygen atoms in total. The van der Waals surface area contributed by atoms with Crippen LogP contribution in [0.5, 0.6) is 0 Å². The van der Waals surface area contributed by atoms with Gasteiger partial charge in [0.25, 0.3) is 5.91 Å². The molecule has 1 N–H and O–H groups in total. The molecule has 0 aliphatic carbocycles. The second-order valence-corrected chi connectivity index (χ2v) is 9.65. The Kier molecular flexibility index (Phi) is 6.69. The Morgan fingerprint density at radius 1 is 1.07 bits per heavy atom. The topological polar surface area (TPSA) is 62.6 Å². The van der Waals surface area contributed by atoms with E-state index in [1.54, 1.807) is 17.0 Å². The summed E-state index contributed by atoms with van der Waals surface area (Å²) in [6.07, 6.45) is 2.85. The summed E-state index contributed by atoms with van der Waals surface area (Å²) in [5.74, 6) is 0.559. The summed E-state index contributed by atoms with van der Waals surface area (Å²) in [4.78, 5) is 27.2. The first-order chi connectivity index (χ1) is 14.2. The van der Waals surface area contributed by atoms with E-state index < -0.39 is 0 Å². The van der Waals surface area contributed by atoms with Crippen molar-refractivity contribution in [2.24, 2.45) is 11.8 Å². The number of hydrogen-bond donors (Lipinski definition) is 1. The SMILES string of the molecule is CC(C)[C@H](NC(=O)C1CCN(C(=O)c2ccco2)CC1)c1ccc(C(C)(C)C)cc1. The van der Waals surface area contributed by atoms with Crippen LogP contribution in [0.4, 0.5) is 0 Å². The van der Waals surface area contributed by atoms with E-state index >= 15 is 0 Å². The summed E-state index contributed by atoms with van der Waals surface area (Å²) < 4.78 is 5.21. The minimum atomic E-state index is -0.0992. The fourth-order valence-electron chi connectivity index (χ4n) is 4.00. The van der Waals surface area contributed by atoms with Gasteiger partial charge in [-0.3, -0.25) is 9.59 Å². The van der Waals surface area contributed by atoms with Crippen LogP contribution in [-0.2, 0) is 10.2 Å². The van der Waals surface area contributed by atoms with E-state index in [0.29, 0.717) is 31.7 Å². The van der Waals surface area contributed by atoms with Crippen LogP contribution in [0, 0.1) is 11.8 Å². The van der Waals surface area contributed by atoms with Gasteiger partial charge in [0.2, 0.25) is 5.91 Å². The molecule has 5 heteroatoms. The molecule has 0 spiro atoms. The molecule has 30 heavy (non-hydrogen) atoms. The van der Waals surface area contributed by atoms with Crippen LogP contribution in [0.2, 0.25) is 0 Å². The first-order valence-electron chi connectivity index (χ1n) is 10.9. The molecule has 3 rings (SSSR count). The Balaban J connectivity index is 1.60. The lowest BCUT2D eigenvalue weighted by atomic mass is 9.85. The van der Waals surface area contributed by atoms with Gasteiger partial charge in [-0.15, -0.1) is 0 Å². The van der Waals surface area contributed by atoms with E-state index in [2.05, 4.69) is 64.2 Å². The molecule has 1 aromatic carbocycles. The first kappa shape index (κ1) is 22.1. The van der Waals surface area contributed by atoms with Crippen LogP contribution in [0.15, 0.2) is 47.1 Å². The fraction of sp³-hybridized carbons (Fsp3) is 0.520. The highest BCUT2D eigenvalue weighted by molar-refractivity contribution is 5.91. The van der Waals surface area contributed by atoms with E-state index in [-0.39, 0.29) is 35.1 Å². The number of nitrogens with one attached hydrogen (secondary N) is 1. The third-order valence-electron chi connectivity index (χ3n) is 5.99. The molecule has 1 atom stereocenters. The number of rotatable bonds is 5. The van der Waals surface area contributed by atoms with Gasteiger partial charge in [-0.1, -0.05) is 58.9 Å². The van der Waals surface area contributed by atoms with Gasteiger partial charge in [0.05, 0.1) is 12.3 Å². The quantitative estimate of drug-likeness (QED) is 0.759. The number of nitrogens with zero attached hydrogens (tertiary/aromatic N) is 1. The maximum absolute atomic E-state index is 13.0. The fourth-order valence-corrected chi connectivity index (χ4v) is 4.00. The Labute approximate surface area is 179 Å². The van der Waals surface area contributed by atoms with Gasteiger partial charge in [0.15, 0.2) is 5.76 Å². The summed E-state index contributed by atoms with van der Waals surface area (Å²) >= 11 is 0. The molecule has 2 heterocycles. The molecular weight excluding hydrogens is 376 g/mol. The maximum atomic E-state index is 13.0. The van der Waals surface area contributed by atoms with E-state index in [9.17, 15) is 9.59 Å². The molecular formula is C25H34N2O3. The molecule has 1 aromatic heterocycles. The van der Waals surface area contributed by atoms with E-state index in [1.807, 2.05) is 0 Å². The lowest BCUT2D eigenvalue weighted by molar-refractivity contribution is -0.127. The second kappa shape index (κ2) is 9.07. The number of hydrogen-bond acceptors (Lipinski definition) is 3. The van der Waals surface area contributed by atoms with Gasteiger partial charge < -0.3 is 14.6 Å². The number of piperidine rings is 1. The van der Waals surface area contributed by atoms with Crippen LogP contribution in [0.25, 0.3) is 0 Å². The summed E-state index contributed by atoms with van der Waals surface area (Å²) in [6, 6.07) is 12.0. The molecule has 2 amide bonds. The van der Waals surface area contributed by atoms with E-state index in [0.717, 1.165) is 5.56 Å². The monoisotopic (exact) mass is 410 g/mol. The smallest absolute Gasteiger partial charge is 0.289 e. The van der Waals surface area contributed by atoms with Crippen molar-refractivity contribution in [2.45, 2.75) is 58.9 Å². The summed E-state index contributed by atoms with van der Waals surface area (Å²) in [5.41, 5.74) is 2.53. The normalized spacial score (nSPS) is 16.5. The number of benzene rings is 1. The minimum Gasteiger partial charge on any atom is -0.459 e. The zero-order valence-electron chi connectivity index (χ0n) is 18.8. The van der Waals surface area contributed by atoms with E-state index in [4.69, 9.17) is 4.42 Å². The second-order valence-electron chi connectivity index (χ2n) is 9.65. The molecule has 0 unspecified atom stereocenters. The Morgan fingerprint density at radius 2 is 1.70 bits per heavy atom. The maximum Gasteiger partial charge on any atom is 0.289 e. The molecule has 1 fully saturated rings. The van der Waals surface area contributed by atoms with Crippen molar-refractivity contribution in [1.82, 2.24) is 10.2 Å². The molecule has 2 aromatic rings. The van der Waals surface area contributed by atoms with Crippen LogP contribution in [0.3, 0.4) is 0 Å². The third-order valence-corrected chi connectivity index (χ3v) is 5.99. The van der Waals surface area contributed by atoms with Crippen molar-refractivity contribution >= 4 is 11.8 Å². The number of likely N-dealkylation sites (tertiary alicyclic amines) is 1. The average Bonchev–Trinajstić information content (AvgIpc) is 3.25. The van der Waals surface area contributed by atoms with Crippen molar-refractivity contribution in [3.05, 3.63) is 59.5 Å². The molecule has 1 aliphatic heterocycles. The Morgan fingerprint density at radius 3 is 2.20 bits per heavy atom. The highest BCUT2D eigenvalue weighted by Gasteiger charge is 2.30. The third kappa shape index (κ3) is 5.13. The lowest BCUT2D eigenvalue weighted by Gasteiger charge is -2.32. The van der Waals surface area contributed by atoms with Gasteiger partial charge in [0.1, 0.15) is 0 Å². The summed E-state index contributed by atoms with van der Waals surface area (Å²) in [6.45, 7) is 12.0. The van der Waals surface area contributed by atoms with Gasteiger partial charge in [-0.2, -0.15) is 0 Å². The standard InChI is InChI=1S/C25H34N2O3/c1-17(2)22(18-8-10-20(11-9-18)25(3,4)5)26-23(28)19-12-14-27(15-13-19)24(29)21-7-6-16-30-21/h6-11,16-17,19,22H,12-15H2,1-5H3,(H,26,28)/t22-/m0/s1. The Bertz CT molecular complexity index is 840. The van der Waals surface area contributed by atoms with Crippen molar-refractivity contribution in [3.8, 4) is 0 Å². The molecule has 1 aliphatic rings. The van der Waals surface area contributed by atoms with Crippen molar-refractivity contribution in [2.75, 3.05) is 13.1 Å². The highest BCUT2D eigenvalue weighted by atomic mass is 16.3. The number of carbonyl (C=O) groups excluding carboxylic acids is 2. The van der Waals surface area contributed by atoms with Crippen molar-refractivity contribution in [1.29, 1.82) is 0 Å². The van der Waals surface area contributed by atoms with E-state index in [1.165, 1.54) is 11.8 Å². The zero-order valence-corrected chi connectivity index (χ0v) is 18.8. The van der Waals surface area contributed by atoms with Crippen molar-refractivity contribution < 1.29 is 14.0 Å². The number of amides is 2. The van der Waals surface area contributed by atoms with Gasteiger partial charge in [-0.25, -0.2) is 0 Å². The molecule has 0 saturated carbocycles. The predicted octanol–water partition coefficient (Wildman–Crippen LogP) is 4.94. The van der Waals surface area contributed by atoms with Gasteiger partial charge >= 0.3 is 0 Å². The molecule has 0 bridgehead atoms. The van der Waals surface area contributed by atoms with Crippen LogP contribution >= 0.6 is 0 Å². The lowest BCUT2D eigenvalue weighted by Crippen LogP contribution is -2.44. The summed E-state index contributed by atoms with van der Waals surface area (Å²) in [7, 11) is 0. The van der Waals surface area contributed by atoms with Gasteiger partial charge in [-0.05, 0) is 47.4 Å². The molecule has 1 saturated heterocycles. The molecule has 0 radical (unpaired) electrons. The minimum absolute atomic E-state index is 0.0192. The largest absolute Gasteiger partial charge is 0.459 e. The molecule has 162 valence electrons. The van der Waals surface area contributed by atoms with Gasteiger partial charge in [0, 0.05) is 19.0 Å². The van der Waals surface area contributed by atoms with Crippen molar-refractivity contribution in [3.63, 3.8) is 0 Å². The van der Waals surface area contributed by atoms with Crippen LogP contribution < -0.4 is 5.32 Å². The van der Waals surface area contributed by atoms with Crippen LogP contribution in [-0.4, -0.2) is 29.8 Å². The predicted molar refractivity (Wildman–Crippen MR) is 118 cm³/mol. The highest BCUT2D eigenvalue weighted by Crippen LogP contribution is 2.28. The number of furan rings is 1.